The number of hydrogen-bond acceptors (Lipinski definition) is 3. The van der Waals surface area contributed by atoms with Crippen molar-refractivity contribution in [3.05, 3.63) is 48.3 Å². The summed E-state index contributed by atoms with van der Waals surface area (Å²) in [6.45, 7) is 6.89. The summed E-state index contributed by atoms with van der Waals surface area (Å²) in [6, 6.07) is 10.1. The zero-order chi connectivity index (χ0) is 17.6. The van der Waals surface area contributed by atoms with Crippen LogP contribution in [0, 0.1) is 5.92 Å². The molecule has 2 aromatic rings. The number of nitrogens with one attached hydrogen (secondary N) is 1. The summed E-state index contributed by atoms with van der Waals surface area (Å²) in [5.74, 6) is 0.515. The Balaban J connectivity index is 1.54. The first kappa shape index (κ1) is 17.5. The molecule has 1 aliphatic heterocycles. The van der Waals surface area contributed by atoms with Crippen molar-refractivity contribution in [3.63, 3.8) is 0 Å². The largest absolute Gasteiger partial charge is 0.374 e. The third-order valence-electron chi connectivity index (χ3n) is 4.17. The Labute approximate surface area is 148 Å². The summed E-state index contributed by atoms with van der Waals surface area (Å²) < 4.78 is 7.68. The predicted octanol–water partition coefficient (Wildman–Crippen LogP) is 3.01. The van der Waals surface area contributed by atoms with Crippen LogP contribution < -0.4 is 5.32 Å². The summed E-state index contributed by atoms with van der Waals surface area (Å²) in [5, 5.41) is 7.22. The molecule has 1 aromatic heterocycles. The van der Waals surface area contributed by atoms with Crippen LogP contribution in [0.4, 0.5) is 10.5 Å². The van der Waals surface area contributed by atoms with Gasteiger partial charge in [-0.2, -0.15) is 5.10 Å². The van der Waals surface area contributed by atoms with Gasteiger partial charge in [-0.15, -0.1) is 0 Å². The number of hydrogen-bond donors (Lipinski definition) is 1. The molecule has 0 bridgehead atoms. The highest BCUT2D eigenvalue weighted by Crippen LogP contribution is 2.14. The number of nitrogens with zero attached hydrogens (tertiary/aromatic N) is 3. The van der Waals surface area contributed by atoms with Crippen LogP contribution in [0.3, 0.4) is 0 Å². The van der Waals surface area contributed by atoms with Crippen molar-refractivity contribution in [2.45, 2.75) is 32.9 Å². The molecule has 1 fully saturated rings. The first-order chi connectivity index (χ1) is 12.1. The quantitative estimate of drug-likeness (QED) is 0.909. The van der Waals surface area contributed by atoms with Crippen molar-refractivity contribution in [3.8, 4) is 0 Å². The van der Waals surface area contributed by atoms with E-state index in [1.807, 2.05) is 34.0 Å². The van der Waals surface area contributed by atoms with Crippen molar-refractivity contribution in [1.29, 1.82) is 0 Å². The number of urea groups is 1. The van der Waals surface area contributed by atoms with Crippen molar-refractivity contribution in [2.24, 2.45) is 5.92 Å². The van der Waals surface area contributed by atoms with Gasteiger partial charge in [0.25, 0.3) is 0 Å². The van der Waals surface area contributed by atoms with E-state index in [0.29, 0.717) is 25.6 Å². The molecule has 1 N–H and O–H groups in total. The van der Waals surface area contributed by atoms with E-state index in [1.165, 1.54) is 5.56 Å². The maximum atomic E-state index is 12.5. The first-order valence-corrected chi connectivity index (χ1v) is 8.84. The molecule has 2 heterocycles. The van der Waals surface area contributed by atoms with E-state index in [1.54, 1.807) is 6.20 Å². The number of rotatable bonds is 5. The Hall–Kier alpha value is -2.34. The van der Waals surface area contributed by atoms with Gasteiger partial charge in [0.15, 0.2) is 0 Å². The number of carbonyl (C=O) groups is 1. The second-order valence-corrected chi connectivity index (χ2v) is 6.90. The molecule has 25 heavy (non-hydrogen) atoms. The van der Waals surface area contributed by atoms with E-state index in [9.17, 15) is 4.79 Å². The first-order valence-electron chi connectivity index (χ1n) is 8.84. The summed E-state index contributed by atoms with van der Waals surface area (Å²) in [5.41, 5.74) is 1.96. The van der Waals surface area contributed by atoms with Gasteiger partial charge in [0.2, 0.25) is 0 Å². The molecule has 134 valence electrons. The minimum atomic E-state index is -0.0922. The number of ether oxygens (including phenoxy) is 1. The lowest BCUT2D eigenvalue weighted by Gasteiger charge is -2.33. The SMILES string of the molecule is CC(C)Cn1cc(NC(=O)N2CCO[C@H](Cc3ccccc3)C2)cn1. The summed E-state index contributed by atoms with van der Waals surface area (Å²) in [6.07, 6.45) is 4.42. The molecular formula is C19H26N4O2. The van der Waals surface area contributed by atoms with E-state index in [0.717, 1.165) is 18.7 Å². The van der Waals surface area contributed by atoms with Crippen LogP contribution in [0.25, 0.3) is 0 Å². The van der Waals surface area contributed by atoms with Gasteiger partial charge in [-0.25, -0.2) is 4.79 Å². The van der Waals surface area contributed by atoms with Crippen molar-refractivity contribution in [1.82, 2.24) is 14.7 Å². The molecule has 3 rings (SSSR count). The normalized spacial score (nSPS) is 17.7. The molecule has 6 nitrogen and oxygen atoms in total. The van der Waals surface area contributed by atoms with E-state index in [4.69, 9.17) is 4.74 Å². The highest BCUT2D eigenvalue weighted by Gasteiger charge is 2.24. The Morgan fingerprint density at radius 1 is 1.36 bits per heavy atom. The van der Waals surface area contributed by atoms with Crippen LogP contribution in [-0.2, 0) is 17.7 Å². The lowest BCUT2D eigenvalue weighted by Crippen LogP contribution is -2.48. The average Bonchev–Trinajstić information content (AvgIpc) is 3.02. The highest BCUT2D eigenvalue weighted by molar-refractivity contribution is 5.89. The minimum absolute atomic E-state index is 0.0329. The van der Waals surface area contributed by atoms with Gasteiger partial charge < -0.3 is 15.0 Å². The number of morpholine rings is 1. The second-order valence-electron chi connectivity index (χ2n) is 6.90. The fraction of sp³-hybridized carbons (Fsp3) is 0.474. The zero-order valence-corrected chi connectivity index (χ0v) is 14.9. The highest BCUT2D eigenvalue weighted by atomic mass is 16.5. The van der Waals surface area contributed by atoms with Gasteiger partial charge in [-0.3, -0.25) is 4.68 Å². The monoisotopic (exact) mass is 342 g/mol. The molecule has 0 unspecified atom stereocenters. The van der Waals surface area contributed by atoms with Crippen LogP contribution in [-0.4, -0.2) is 46.5 Å². The van der Waals surface area contributed by atoms with Crippen molar-refractivity contribution in [2.75, 3.05) is 25.0 Å². The van der Waals surface area contributed by atoms with Gasteiger partial charge in [-0.1, -0.05) is 44.2 Å². The third-order valence-corrected chi connectivity index (χ3v) is 4.17. The van der Waals surface area contributed by atoms with Gasteiger partial charge in [0, 0.05) is 32.3 Å². The number of benzene rings is 1. The van der Waals surface area contributed by atoms with Crippen molar-refractivity contribution >= 4 is 11.7 Å². The van der Waals surface area contributed by atoms with E-state index in [2.05, 4.69) is 36.4 Å². The fourth-order valence-electron chi connectivity index (χ4n) is 3.01. The molecule has 1 aliphatic rings. The van der Waals surface area contributed by atoms with E-state index < -0.39 is 0 Å². The van der Waals surface area contributed by atoms with Crippen LogP contribution in [0.2, 0.25) is 0 Å². The fourth-order valence-corrected chi connectivity index (χ4v) is 3.01. The van der Waals surface area contributed by atoms with Gasteiger partial charge in [0.05, 0.1) is 24.6 Å². The second kappa shape index (κ2) is 8.16. The van der Waals surface area contributed by atoms with Crippen LogP contribution in [0.5, 0.6) is 0 Å². The number of aromatic nitrogens is 2. The number of anilines is 1. The maximum Gasteiger partial charge on any atom is 0.322 e. The predicted molar refractivity (Wildman–Crippen MR) is 97.5 cm³/mol. The van der Waals surface area contributed by atoms with Gasteiger partial charge in [0.1, 0.15) is 0 Å². The lowest BCUT2D eigenvalue weighted by molar-refractivity contribution is -0.0113. The number of carbonyl (C=O) groups excluding carboxylic acids is 1. The Morgan fingerprint density at radius 3 is 2.92 bits per heavy atom. The maximum absolute atomic E-state index is 12.5. The molecule has 1 saturated heterocycles. The number of amides is 2. The van der Waals surface area contributed by atoms with E-state index >= 15 is 0 Å². The van der Waals surface area contributed by atoms with E-state index in [-0.39, 0.29) is 12.1 Å². The smallest absolute Gasteiger partial charge is 0.322 e. The topological polar surface area (TPSA) is 59.4 Å². The Bertz CT molecular complexity index is 684. The molecule has 0 aliphatic carbocycles. The zero-order valence-electron chi connectivity index (χ0n) is 14.9. The molecule has 6 heteroatoms. The van der Waals surface area contributed by atoms with Crippen molar-refractivity contribution < 1.29 is 9.53 Å². The average molecular weight is 342 g/mol. The molecule has 2 amide bonds. The van der Waals surface area contributed by atoms with Gasteiger partial charge >= 0.3 is 6.03 Å². The standard InChI is InChI=1S/C19H26N4O2/c1-15(2)12-23-13-17(11-20-23)21-19(24)22-8-9-25-18(14-22)10-16-6-4-3-5-7-16/h3-7,11,13,15,18H,8-10,12,14H2,1-2H3,(H,21,24)/t18-/m1/s1. The molecule has 0 spiro atoms. The summed E-state index contributed by atoms with van der Waals surface area (Å²) >= 11 is 0. The Morgan fingerprint density at radius 2 is 2.16 bits per heavy atom. The van der Waals surface area contributed by atoms with Crippen LogP contribution in [0.1, 0.15) is 19.4 Å². The lowest BCUT2D eigenvalue weighted by atomic mass is 10.1. The molecule has 0 saturated carbocycles. The summed E-state index contributed by atoms with van der Waals surface area (Å²) in [7, 11) is 0. The molecule has 0 radical (unpaired) electrons. The minimum Gasteiger partial charge on any atom is -0.374 e. The third kappa shape index (κ3) is 5.06. The molecule has 1 atom stereocenters. The molecule has 1 aromatic carbocycles. The Kier molecular flexibility index (Phi) is 5.71. The van der Waals surface area contributed by atoms with Crippen LogP contribution >= 0.6 is 0 Å². The van der Waals surface area contributed by atoms with Gasteiger partial charge in [-0.05, 0) is 11.5 Å². The summed E-state index contributed by atoms with van der Waals surface area (Å²) in [4.78, 5) is 14.3. The van der Waals surface area contributed by atoms with Crippen LogP contribution in [0.15, 0.2) is 42.7 Å². The molecular weight excluding hydrogens is 316 g/mol.